The number of anilines is 1. The fourth-order valence-electron chi connectivity index (χ4n) is 3.05. The molecule has 9 heteroatoms. The molecule has 1 aromatic carbocycles. The molecule has 0 saturated carbocycles. The third-order valence-corrected chi connectivity index (χ3v) is 4.56. The van der Waals surface area contributed by atoms with Gasteiger partial charge in [0, 0.05) is 23.9 Å². The first-order valence-electron chi connectivity index (χ1n) is 8.90. The lowest BCUT2D eigenvalue weighted by atomic mass is 10.1. The van der Waals surface area contributed by atoms with Crippen molar-refractivity contribution in [2.75, 3.05) is 19.5 Å². The molecule has 0 aliphatic rings. The van der Waals surface area contributed by atoms with E-state index in [1.54, 1.807) is 36.9 Å². The van der Waals surface area contributed by atoms with Crippen LogP contribution >= 0.6 is 0 Å². The third kappa shape index (κ3) is 3.89. The molecule has 0 aliphatic heterocycles. The van der Waals surface area contributed by atoms with Crippen molar-refractivity contribution in [3.05, 3.63) is 41.0 Å². The molecule has 3 aromatic rings. The zero-order valence-corrected chi connectivity index (χ0v) is 16.4. The van der Waals surface area contributed by atoms with E-state index in [0.717, 1.165) is 17.0 Å². The van der Waals surface area contributed by atoms with E-state index in [0.29, 0.717) is 41.6 Å². The number of amides is 1. The zero-order chi connectivity index (χ0) is 20.3. The molecular formula is C19H24N6O3. The van der Waals surface area contributed by atoms with Crippen molar-refractivity contribution in [2.24, 2.45) is 5.73 Å². The van der Waals surface area contributed by atoms with E-state index in [9.17, 15) is 4.79 Å². The number of nitrogens with one attached hydrogen (secondary N) is 1. The van der Waals surface area contributed by atoms with E-state index in [1.807, 2.05) is 13.8 Å². The van der Waals surface area contributed by atoms with E-state index >= 15 is 0 Å². The van der Waals surface area contributed by atoms with Gasteiger partial charge in [0.05, 0.1) is 26.5 Å². The van der Waals surface area contributed by atoms with E-state index in [1.165, 1.54) is 0 Å². The Morgan fingerprint density at radius 1 is 1.21 bits per heavy atom. The number of aryl methyl sites for hydroxylation is 2. The number of carbonyl (C=O) groups is 1. The Bertz CT molecular complexity index is 1010. The van der Waals surface area contributed by atoms with Crippen molar-refractivity contribution in [1.29, 1.82) is 0 Å². The Morgan fingerprint density at radius 3 is 2.68 bits per heavy atom. The molecule has 0 atom stereocenters. The summed E-state index contributed by atoms with van der Waals surface area (Å²) in [4.78, 5) is 21.2. The van der Waals surface area contributed by atoms with E-state index in [2.05, 4.69) is 20.4 Å². The summed E-state index contributed by atoms with van der Waals surface area (Å²) < 4.78 is 12.2. The Hall–Kier alpha value is -3.20. The second-order valence-corrected chi connectivity index (χ2v) is 6.32. The van der Waals surface area contributed by atoms with Gasteiger partial charge in [0.15, 0.2) is 5.82 Å². The van der Waals surface area contributed by atoms with Crippen LogP contribution in [0.4, 0.5) is 5.69 Å². The van der Waals surface area contributed by atoms with Gasteiger partial charge in [-0.2, -0.15) is 4.98 Å². The molecule has 2 aromatic heterocycles. The van der Waals surface area contributed by atoms with Crippen molar-refractivity contribution in [2.45, 2.75) is 33.2 Å². The maximum atomic E-state index is 12.5. The molecule has 148 valence electrons. The minimum atomic E-state index is -0.122. The minimum absolute atomic E-state index is 0.122. The number of rotatable bonds is 7. The number of fused-ring (bicyclic) bond motifs is 1. The molecular weight excluding hydrogens is 360 g/mol. The molecule has 9 nitrogen and oxygen atoms in total. The first-order valence-corrected chi connectivity index (χ1v) is 8.90. The van der Waals surface area contributed by atoms with Crippen LogP contribution in [0.3, 0.4) is 0 Å². The number of benzene rings is 1. The van der Waals surface area contributed by atoms with Crippen LogP contribution in [-0.4, -0.2) is 39.7 Å². The van der Waals surface area contributed by atoms with Gasteiger partial charge in [-0.1, -0.05) is 0 Å². The average molecular weight is 384 g/mol. The van der Waals surface area contributed by atoms with Crippen molar-refractivity contribution >= 4 is 17.4 Å². The molecule has 3 N–H and O–H groups in total. The quantitative estimate of drug-likeness (QED) is 0.638. The standard InChI is InChI=1S/C19H24N6O3/c1-11-14(12(2)25-19(21-11)23-17(10-20)24-25)6-8-18(26)22-15-7-5-13(27-3)9-16(15)28-4/h5,7,9H,6,8,10,20H2,1-4H3,(H,22,26). The highest BCUT2D eigenvalue weighted by atomic mass is 16.5. The normalized spacial score (nSPS) is 10.9. The van der Waals surface area contributed by atoms with Crippen molar-refractivity contribution in [1.82, 2.24) is 19.6 Å². The summed E-state index contributed by atoms with van der Waals surface area (Å²) in [5, 5.41) is 7.24. The van der Waals surface area contributed by atoms with Crippen LogP contribution in [0.2, 0.25) is 0 Å². The highest BCUT2D eigenvalue weighted by Gasteiger charge is 2.15. The molecule has 0 bridgehead atoms. The lowest BCUT2D eigenvalue weighted by Gasteiger charge is -2.13. The Morgan fingerprint density at radius 2 is 2.00 bits per heavy atom. The van der Waals surface area contributed by atoms with Crippen molar-refractivity contribution < 1.29 is 14.3 Å². The first kappa shape index (κ1) is 19.6. The van der Waals surface area contributed by atoms with E-state index in [4.69, 9.17) is 15.2 Å². The SMILES string of the molecule is COc1ccc(NC(=O)CCc2c(C)nc3nc(CN)nn3c2C)c(OC)c1. The first-order chi connectivity index (χ1) is 13.5. The van der Waals surface area contributed by atoms with Gasteiger partial charge in [0.2, 0.25) is 5.91 Å². The van der Waals surface area contributed by atoms with Gasteiger partial charge in [-0.15, -0.1) is 5.10 Å². The molecule has 0 spiro atoms. The molecule has 0 saturated heterocycles. The monoisotopic (exact) mass is 384 g/mol. The largest absolute Gasteiger partial charge is 0.497 e. The summed E-state index contributed by atoms with van der Waals surface area (Å²) in [5.41, 5.74) is 8.92. The predicted molar refractivity (Wildman–Crippen MR) is 105 cm³/mol. The molecule has 1 amide bonds. The lowest BCUT2D eigenvalue weighted by Crippen LogP contribution is -2.15. The van der Waals surface area contributed by atoms with Gasteiger partial charge >= 0.3 is 0 Å². The summed E-state index contributed by atoms with van der Waals surface area (Å²) in [7, 11) is 3.12. The number of carbonyl (C=O) groups excluding carboxylic acids is 1. The highest BCUT2D eigenvalue weighted by Crippen LogP contribution is 2.29. The van der Waals surface area contributed by atoms with Crippen LogP contribution in [0, 0.1) is 13.8 Å². The Labute approximate surface area is 162 Å². The molecule has 0 radical (unpaired) electrons. The second kappa shape index (κ2) is 8.22. The number of aromatic nitrogens is 4. The fraction of sp³-hybridized carbons (Fsp3) is 0.368. The van der Waals surface area contributed by atoms with Crippen LogP contribution in [0.1, 0.15) is 29.2 Å². The number of ether oxygens (including phenoxy) is 2. The van der Waals surface area contributed by atoms with Crippen molar-refractivity contribution in [3.63, 3.8) is 0 Å². The van der Waals surface area contributed by atoms with Crippen LogP contribution in [-0.2, 0) is 17.8 Å². The Balaban J connectivity index is 1.74. The zero-order valence-electron chi connectivity index (χ0n) is 16.4. The number of nitrogens with zero attached hydrogens (tertiary/aromatic N) is 4. The molecule has 0 aliphatic carbocycles. The number of nitrogens with two attached hydrogens (primary N) is 1. The summed E-state index contributed by atoms with van der Waals surface area (Å²) in [6, 6.07) is 5.24. The maximum Gasteiger partial charge on any atom is 0.252 e. The summed E-state index contributed by atoms with van der Waals surface area (Å²) in [5.74, 6) is 2.14. The van der Waals surface area contributed by atoms with Crippen LogP contribution in [0.25, 0.3) is 5.78 Å². The molecule has 0 fully saturated rings. The lowest BCUT2D eigenvalue weighted by molar-refractivity contribution is -0.116. The summed E-state index contributed by atoms with van der Waals surface area (Å²) >= 11 is 0. The summed E-state index contributed by atoms with van der Waals surface area (Å²) in [6.07, 6.45) is 0.825. The summed E-state index contributed by atoms with van der Waals surface area (Å²) in [6.45, 7) is 4.10. The van der Waals surface area contributed by atoms with Gasteiger partial charge in [0.1, 0.15) is 11.5 Å². The van der Waals surface area contributed by atoms with Crippen LogP contribution in [0.5, 0.6) is 11.5 Å². The van der Waals surface area contributed by atoms with Gasteiger partial charge in [-0.05, 0) is 38.0 Å². The van der Waals surface area contributed by atoms with Gasteiger partial charge in [0.25, 0.3) is 5.78 Å². The van der Waals surface area contributed by atoms with Crippen LogP contribution < -0.4 is 20.5 Å². The predicted octanol–water partition coefficient (Wildman–Crippen LogP) is 1.79. The second-order valence-electron chi connectivity index (χ2n) is 6.32. The smallest absolute Gasteiger partial charge is 0.252 e. The minimum Gasteiger partial charge on any atom is -0.497 e. The number of methoxy groups -OCH3 is 2. The molecule has 2 heterocycles. The van der Waals surface area contributed by atoms with Gasteiger partial charge in [-0.25, -0.2) is 9.50 Å². The van der Waals surface area contributed by atoms with E-state index in [-0.39, 0.29) is 12.5 Å². The topological polar surface area (TPSA) is 117 Å². The highest BCUT2D eigenvalue weighted by molar-refractivity contribution is 5.92. The Kier molecular flexibility index (Phi) is 5.74. The maximum absolute atomic E-state index is 12.5. The molecule has 28 heavy (non-hydrogen) atoms. The molecule has 0 unspecified atom stereocenters. The number of hydrogen-bond donors (Lipinski definition) is 2. The van der Waals surface area contributed by atoms with Gasteiger partial charge < -0.3 is 20.5 Å². The van der Waals surface area contributed by atoms with E-state index < -0.39 is 0 Å². The van der Waals surface area contributed by atoms with Crippen LogP contribution in [0.15, 0.2) is 18.2 Å². The number of hydrogen-bond acceptors (Lipinski definition) is 7. The van der Waals surface area contributed by atoms with Crippen molar-refractivity contribution in [3.8, 4) is 11.5 Å². The van der Waals surface area contributed by atoms with Gasteiger partial charge in [-0.3, -0.25) is 4.79 Å². The average Bonchev–Trinajstić information content (AvgIpc) is 3.11. The third-order valence-electron chi connectivity index (χ3n) is 4.56. The fourth-order valence-corrected chi connectivity index (χ4v) is 3.05. The molecule has 3 rings (SSSR count).